The van der Waals surface area contributed by atoms with Crippen LogP contribution in [-0.4, -0.2) is 0 Å². The SMILES string of the molecule is CCC(C)c1ccc(N(c2ccc(-c3ccc(N(c4ccc(C(C)CC)cc4)c4ccc(C(C)CC)cc4)cc3)cc2)c2ccc(C(C)C)cc2)cc1. The molecule has 0 saturated carbocycles. The van der Waals surface area contributed by atoms with Gasteiger partial charge in [-0.05, 0) is 149 Å². The maximum absolute atomic E-state index is 2.38. The van der Waals surface area contributed by atoms with Gasteiger partial charge in [0.1, 0.15) is 0 Å². The van der Waals surface area contributed by atoms with Crippen LogP contribution in [0, 0.1) is 0 Å². The summed E-state index contributed by atoms with van der Waals surface area (Å²) in [6.45, 7) is 18.2. The smallest absolute Gasteiger partial charge is 0.0462 e. The van der Waals surface area contributed by atoms with Crippen LogP contribution in [0.5, 0.6) is 0 Å². The zero-order chi connectivity index (χ0) is 37.5. The monoisotopic (exact) mass is 698 g/mol. The number of benzene rings is 6. The Morgan fingerprint density at radius 1 is 0.302 bits per heavy atom. The van der Waals surface area contributed by atoms with E-state index in [0.29, 0.717) is 23.7 Å². The van der Waals surface area contributed by atoms with Gasteiger partial charge in [-0.25, -0.2) is 0 Å². The van der Waals surface area contributed by atoms with Gasteiger partial charge in [-0.2, -0.15) is 0 Å². The molecule has 3 atom stereocenters. The van der Waals surface area contributed by atoms with Crippen molar-refractivity contribution in [3.63, 3.8) is 0 Å². The van der Waals surface area contributed by atoms with Gasteiger partial charge in [-0.3, -0.25) is 0 Å². The van der Waals surface area contributed by atoms with Crippen LogP contribution >= 0.6 is 0 Å². The molecule has 0 saturated heterocycles. The fraction of sp³-hybridized carbons (Fsp3) is 0.294. The van der Waals surface area contributed by atoms with E-state index in [4.69, 9.17) is 0 Å². The Balaban J connectivity index is 1.31. The highest BCUT2D eigenvalue weighted by atomic mass is 15.1. The summed E-state index contributed by atoms with van der Waals surface area (Å²) in [4.78, 5) is 4.75. The Morgan fingerprint density at radius 3 is 0.717 bits per heavy atom. The normalized spacial score (nSPS) is 13.1. The number of nitrogens with zero attached hydrogens (tertiary/aromatic N) is 2. The lowest BCUT2D eigenvalue weighted by Crippen LogP contribution is -2.10. The summed E-state index contributed by atoms with van der Waals surface area (Å²) in [7, 11) is 0. The van der Waals surface area contributed by atoms with E-state index >= 15 is 0 Å². The van der Waals surface area contributed by atoms with E-state index in [1.807, 2.05) is 0 Å². The van der Waals surface area contributed by atoms with Crippen LogP contribution in [0.25, 0.3) is 11.1 Å². The average Bonchev–Trinajstić information content (AvgIpc) is 3.21. The maximum atomic E-state index is 2.38. The summed E-state index contributed by atoms with van der Waals surface area (Å²) in [5.41, 5.74) is 14.9. The van der Waals surface area contributed by atoms with Crippen molar-refractivity contribution < 1.29 is 0 Å². The van der Waals surface area contributed by atoms with Crippen LogP contribution in [0.4, 0.5) is 34.1 Å². The van der Waals surface area contributed by atoms with Crippen molar-refractivity contribution in [2.75, 3.05) is 9.80 Å². The highest BCUT2D eigenvalue weighted by Gasteiger charge is 2.17. The highest BCUT2D eigenvalue weighted by Crippen LogP contribution is 2.39. The third-order valence-corrected chi connectivity index (χ3v) is 11.4. The highest BCUT2D eigenvalue weighted by molar-refractivity contribution is 5.81. The van der Waals surface area contributed by atoms with E-state index in [1.54, 1.807) is 0 Å². The molecular formula is C51H58N2. The van der Waals surface area contributed by atoms with Gasteiger partial charge in [0.25, 0.3) is 0 Å². The van der Waals surface area contributed by atoms with E-state index < -0.39 is 0 Å². The van der Waals surface area contributed by atoms with E-state index in [2.05, 4.69) is 211 Å². The second-order valence-electron chi connectivity index (χ2n) is 15.2. The molecule has 0 aliphatic rings. The van der Waals surface area contributed by atoms with E-state index in [9.17, 15) is 0 Å². The van der Waals surface area contributed by atoms with E-state index in [0.717, 1.165) is 36.3 Å². The minimum absolute atomic E-state index is 0.496. The molecule has 0 heterocycles. The van der Waals surface area contributed by atoms with E-state index in [-0.39, 0.29) is 0 Å². The Kier molecular flexibility index (Phi) is 12.2. The van der Waals surface area contributed by atoms with Gasteiger partial charge in [0.2, 0.25) is 0 Å². The lowest BCUT2D eigenvalue weighted by atomic mass is 9.97. The van der Waals surface area contributed by atoms with Crippen molar-refractivity contribution in [2.24, 2.45) is 0 Å². The number of anilines is 6. The molecule has 0 spiro atoms. The summed E-state index contributed by atoms with van der Waals surface area (Å²) < 4.78 is 0. The first-order chi connectivity index (χ1) is 25.7. The molecule has 6 aromatic rings. The van der Waals surface area contributed by atoms with Gasteiger partial charge in [-0.15, -0.1) is 0 Å². The minimum Gasteiger partial charge on any atom is -0.311 e. The zero-order valence-electron chi connectivity index (χ0n) is 33.2. The van der Waals surface area contributed by atoms with Crippen molar-refractivity contribution >= 4 is 34.1 Å². The number of hydrogen-bond acceptors (Lipinski definition) is 2. The first-order valence-corrected chi connectivity index (χ1v) is 19.9. The predicted octanol–water partition coefficient (Wildman–Crippen LogP) is 16.0. The van der Waals surface area contributed by atoms with Crippen LogP contribution < -0.4 is 9.80 Å². The molecule has 0 amide bonds. The van der Waals surface area contributed by atoms with Crippen LogP contribution in [0.15, 0.2) is 146 Å². The quantitative estimate of drug-likeness (QED) is 0.112. The van der Waals surface area contributed by atoms with Gasteiger partial charge in [0, 0.05) is 34.1 Å². The fourth-order valence-electron chi connectivity index (χ4n) is 7.07. The van der Waals surface area contributed by atoms with Crippen molar-refractivity contribution in [3.05, 3.63) is 168 Å². The van der Waals surface area contributed by atoms with Crippen molar-refractivity contribution in [1.29, 1.82) is 0 Å². The summed E-state index contributed by atoms with van der Waals surface area (Å²) in [5, 5.41) is 0. The van der Waals surface area contributed by atoms with Crippen LogP contribution in [0.1, 0.15) is 121 Å². The molecule has 3 unspecified atom stereocenters. The Bertz CT molecular complexity index is 1950. The second-order valence-corrected chi connectivity index (χ2v) is 15.2. The maximum Gasteiger partial charge on any atom is 0.0462 e. The van der Waals surface area contributed by atoms with Gasteiger partial charge >= 0.3 is 0 Å². The molecule has 0 radical (unpaired) electrons. The number of hydrogen-bond donors (Lipinski definition) is 0. The van der Waals surface area contributed by atoms with Gasteiger partial charge < -0.3 is 9.80 Å². The summed E-state index contributed by atoms with van der Waals surface area (Å²) in [6.07, 6.45) is 3.41. The van der Waals surface area contributed by atoms with Gasteiger partial charge in [-0.1, -0.05) is 128 Å². The molecule has 0 aliphatic heterocycles. The first kappa shape index (κ1) is 37.7. The Labute approximate surface area is 320 Å². The fourth-order valence-corrected chi connectivity index (χ4v) is 7.07. The van der Waals surface area contributed by atoms with Crippen molar-refractivity contribution in [3.8, 4) is 11.1 Å². The third kappa shape index (κ3) is 8.60. The molecule has 0 aromatic heterocycles. The molecule has 2 heteroatoms. The van der Waals surface area contributed by atoms with Crippen molar-refractivity contribution in [2.45, 2.75) is 98.3 Å². The van der Waals surface area contributed by atoms with Gasteiger partial charge in [0.05, 0.1) is 0 Å². The zero-order valence-corrected chi connectivity index (χ0v) is 33.2. The molecule has 0 N–H and O–H groups in total. The van der Waals surface area contributed by atoms with Crippen molar-refractivity contribution in [1.82, 2.24) is 0 Å². The molecule has 0 fully saturated rings. The summed E-state index contributed by atoms with van der Waals surface area (Å²) in [6, 6.07) is 54.5. The molecule has 6 aromatic carbocycles. The molecule has 0 bridgehead atoms. The van der Waals surface area contributed by atoms with Gasteiger partial charge in [0.15, 0.2) is 0 Å². The molecule has 2 nitrogen and oxygen atoms in total. The minimum atomic E-state index is 0.496. The largest absolute Gasteiger partial charge is 0.311 e. The Hall–Kier alpha value is -5.08. The second kappa shape index (κ2) is 17.2. The number of rotatable bonds is 14. The lowest BCUT2D eigenvalue weighted by molar-refractivity contribution is 0.733. The summed E-state index contributed by atoms with van der Waals surface area (Å²) >= 11 is 0. The molecular weight excluding hydrogens is 641 g/mol. The summed E-state index contributed by atoms with van der Waals surface area (Å²) in [5.74, 6) is 2.14. The molecule has 0 aliphatic carbocycles. The topological polar surface area (TPSA) is 6.48 Å². The molecule has 53 heavy (non-hydrogen) atoms. The third-order valence-electron chi connectivity index (χ3n) is 11.4. The average molecular weight is 699 g/mol. The molecule has 6 rings (SSSR count). The Morgan fingerprint density at radius 2 is 0.509 bits per heavy atom. The van der Waals surface area contributed by atoms with Crippen LogP contribution in [-0.2, 0) is 0 Å². The lowest BCUT2D eigenvalue weighted by Gasteiger charge is -2.27. The van der Waals surface area contributed by atoms with E-state index in [1.165, 1.54) is 50.4 Å². The van der Waals surface area contributed by atoms with Crippen LogP contribution in [0.2, 0.25) is 0 Å². The predicted molar refractivity (Wildman–Crippen MR) is 231 cm³/mol. The first-order valence-electron chi connectivity index (χ1n) is 19.9. The van der Waals surface area contributed by atoms with Crippen LogP contribution in [0.3, 0.4) is 0 Å². The molecule has 272 valence electrons. The standard InChI is InChI=1S/C51H58N2/c1-9-37(6)41-14-26-47(27-15-41)52(46-24-12-40(13-25-46)36(4)5)50-32-20-44(21-33-50)45-22-34-51(35-23-45)53(48-28-16-42(17-29-48)38(7)10-2)49-30-18-43(19-31-49)39(8)11-3/h12-39H,9-11H2,1-8H3.